The molecule has 3 nitrogen and oxygen atoms in total. The average molecular weight is 433 g/mol. The molecule has 0 radical (unpaired) electrons. The van der Waals surface area contributed by atoms with Gasteiger partial charge in [-0.05, 0) is 84.4 Å². The predicted octanol–water partition coefficient (Wildman–Crippen LogP) is 7.41. The summed E-state index contributed by atoms with van der Waals surface area (Å²) in [6, 6.07) is 4.08. The average Bonchev–Trinajstić information content (AvgIpc) is 2.71. The number of allylic oxidation sites excluding steroid dienone is 5. The van der Waals surface area contributed by atoms with E-state index < -0.39 is 17.6 Å². The van der Waals surface area contributed by atoms with Crippen LogP contribution < -0.4 is 4.74 Å². The molecule has 0 saturated carbocycles. The first-order valence-electron chi connectivity index (χ1n) is 10.8. The molecule has 0 fully saturated rings. The van der Waals surface area contributed by atoms with Crippen molar-refractivity contribution in [1.29, 1.82) is 0 Å². The van der Waals surface area contributed by atoms with Crippen LogP contribution in [0, 0.1) is 0 Å². The molecule has 0 aromatic heterocycles. The SMILES string of the molecule is CCCOc1cc2c(cc1C(C)=C(F)C=CC(C)=C(F)C(=O)O)C(C)(C)CCC2(C)C. The third-order valence-corrected chi connectivity index (χ3v) is 6.19. The molecular weight excluding hydrogens is 398 g/mol. The van der Waals surface area contributed by atoms with Gasteiger partial charge in [0.1, 0.15) is 11.6 Å². The molecule has 1 aromatic rings. The van der Waals surface area contributed by atoms with Gasteiger partial charge in [-0.1, -0.05) is 40.7 Å². The highest BCUT2D eigenvalue weighted by molar-refractivity contribution is 5.85. The first kappa shape index (κ1) is 24.8. The van der Waals surface area contributed by atoms with Gasteiger partial charge in [-0.25, -0.2) is 9.18 Å². The fourth-order valence-electron chi connectivity index (χ4n) is 3.91. The molecule has 0 unspecified atom stereocenters. The van der Waals surface area contributed by atoms with Gasteiger partial charge in [-0.3, -0.25) is 0 Å². The van der Waals surface area contributed by atoms with Crippen LogP contribution in [-0.4, -0.2) is 17.7 Å². The van der Waals surface area contributed by atoms with Crippen molar-refractivity contribution in [2.75, 3.05) is 6.61 Å². The van der Waals surface area contributed by atoms with Gasteiger partial charge in [-0.2, -0.15) is 4.39 Å². The minimum atomic E-state index is -1.67. The molecule has 0 amide bonds. The van der Waals surface area contributed by atoms with E-state index >= 15 is 4.39 Å². The topological polar surface area (TPSA) is 46.5 Å². The van der Waals surface area contributed by atoms with Crippen molar-refractivity contribution < 1.29 is 23.4 Å². The molecule has 1 aliphatic carbocycles. The van der Waals surface area contributed by atoms with Crippen molar-refractivity contribution in [2.45, 2.75) is 78.6 Å². The van der Waals surface area contributed by atoms with Gasteiger partial charge in [0.15, 0.2) is 0 Å². The van der Waals surface area contributed by atoms with E-state index in [0.29, 0.717) is 23.5 Å². The Hall–Kier alpha value is -2.43. The van der Waals surface area contributed by atoms with Gasteiger partial charge in [0, 0.05) is 5.56 Å². The highest BCUT2D eigenvalue weighted by Crippen LogP contribution is 2.48. The second-order valence-electron chi connectivity index (χ2n) is 9.62. The van der Waals surface area contributed by atoms with E-state index in [1.54, 1.807) is 6.92 Å². The van der Waals surface area contributed by atoms with E-state index in [2.05, 4.69) is 33.8 Å². The van der Waals surface area contributed by atoms with E-state index in [1.165, 1.54) is 18.1 Å². The van der Waals surface area contributed by atoms with Crippen molar-refractivity contribution in [2.24, 2.45) is 0 Å². The number of halogens is 2. The highest BCUT2D eigenvalue weighted by atomic mass is 19.1. The van der Waals surface area contributed by atoms with E-state index in [-0.39, 0.29) is 16.4 Å². The third kappa shape index (κ3) is 5.44. The summed E-state index contributed by atoms with van der Waals surface area (Å²) in [7, 11) is 0. The number of hydrogen-bond acceptors (Lipinski definition) is 2. The van der Waals surface area contributed by atoms with Gasteiger partial charge in [0.25, 0.3) is 0 Å². The first-order valence-corrected chi connectivity index (χ1v) is 10.8. The molecule has 0 spiro atoms. The van der Waals surface area contributed by atoms with E-state index in [0.717, 1.165) is 31.4 Å². The zero-order chi connectivity index (χ0) is 23.6. The van der Waals surface area contributed by atoms with Gasteiger partial charge < -0.3 is 9.84 Å². The van der Waals surface area contributed by atoms with Crippen LogP contribution >= 0.6 is 0 Å². The largest absolute Gasteiger partial charge is 0.493 e. The zero-order valence-electron chi connectivity index (χ0n) is 19.7. The fourth-order valence-corrected chi connectivity index (χ4v) is 3.91. The third-order valence-electron chi connectivity index (χ3n) is 6.19. The molecule has 0 saturated heterocycles. The molecule has 31 heavy (non-hydrogen) atoms. The Labute approximate surface area is 184 Å². The Bertz CT molecular complexity index is 950. The minimum absolute atomic E-state index is 0.0000398. The van der Waals surface area contributed by atoms with Crippen LogP contribution in [0.5, 0.6) is 5.75 Å². The second-order valence-corrected chi connectivity index (χ2v) is 9.62. The van der Waals surface area contributed by atoms with E-state index in [9.17, 15) is 9.18 Å². The van der Waals surface area contributed by atoms with Crippen molar-refractivity contribution in [1.82, 2.24) is 0 Å². The van der Waals surface area contributed by atoms with Crippen LogP contribution in [-0.2, 0) is 15.6 Å². The molecule has 1 aromatic carbocycles. The summed E-state index contributed by atoms with van der Waals surface area (Å²) in [5.74, 6) is -2.90. The smallest absolute Gasteiger partial charge is 0.365 e. The number of hydrogen-bond donors (Lipinski definition) is 1. The molecule has 1 N–H and O–H groups in total. The summed E-state index contributed by atoms with van der Waals surface area (Å²) in [5, 5.41) is 8.74. The number of carboxylic acids is 1. The quantitative estimate of drug-likeness (QED) is 0.360. The number of aliphatic carboxylic acids is 1. The molecule has 0 atom stereocenters. The lowest BCUT2D eigenvalue weighted by Gasteiger charge is -2.42. The fraction of sp³-hybridized carbons (Fsp3) is 0.500. The number of benzene rings is 1. The monoisotopic (exact) mass is 432 g/mol. The maximum Gasteiger partial charge on any atom is 0.365 e. The van der Waals surface area contributed by atoms with Gasteiger partial charge >= 0.3 is 5.97 Å². The summed E-state index contributed by atoms with van der Waals surface area (Å²) in [6.07, 6.45) is 5.16. The van der Waals surface area contributed by atoms with Crippen LogP contribution in [0.1, 0.15) is 84.4 Å². The first-order chi connectivity index (χ1) is 14.3. The minimum Gasteiger partial charge on any atom is -0.493 e. The van der Waals surface area contributed by atoms with Gasteiger partial charge in [-0.15, -0.1) is 0 Å². The summed E-state index contributed by atoms with van der Waals surface area (Å²) < 4.78 is 34.6. The van der Waals surface area contributed by atoms with Crippen LogP contribution in [0.25, 0.3) is 5.57 Å². The van der Waals surface area contributed by atoms with Gasteiger partial charge in [0.2, 0.25) is 5.83 Å². The molecule has 0 heterocycles. The molecule has 170 valence electrons. The van der Waals surface area contributed by atoms with Crippen LogP contribution in [0.4, 0.5) is 8.78 Å². The molecule has 1 aliphatic rings. The summed E-state index contributed by atoms with van der Waals surface area (Å²) in [5.41, 5.74) is 3.26. The lowest BCUT2D eigenvalue weighted by atomic mass is 9.62. The summed E-state index contributed by atoms with van der Waals surface area (Å²) >= 11 is 0. The molecule has 0 aliphatic heterocycles. The maximum atomic E-state index is 15.0. The van der Waals surface area contributed by atoms with E-state index in [1.807, 2.05) is 13.0 Å². The Balaban J connectivity index is 2.64. The summed E-state index contributed by atoms with van der Waals surface area (Å²) in [4.78, 5) is 10.7. The normalized spacial score (nSPS) is 18.9. The molecular formula is C26H34F2O3. The molecule has 0 bridgehead atoms. The number of carboxylic acid groups (broad SMARTS) is 1. The standard InChI is InChI=1S/C26H34F2O3/c1-8-13-31-22-15-20-19(25(4,5)11-12-26(20,6)7)14-18(22)17(3)21(27)10-9-16(2)23(28)24(29)30/h9-10,14-15H,8,11-13H2,1-7H3,(H,29,30). The van der Waals surface area contributed by atoms with Crippen molar-refractivity contribution in [3.8, 4) is 5.75 Å². The Kier molecular flexibility index (Phi) is 7.51. The Morgan fingerprint density at radius 3 is 2.13 bits per heavy atom. The lowest BCUT2D eigenvalue weighted by molar-refractivity contribution is -0.134. The zero-order valence-corrected chi connectivity index (χ0v) is 19.7. The van der Waals surface area contributed by atoms with Crippen molar-refractivity contribution in [3.63, 3.8) is 0 Å². The van der Waals surface area contributed by atoms with Crippen molar-refractivity contribution in [3.05, 3.63) is 58.2 Å². The maximum absolute atomic E-state index is 15.0. The summed E-state index contributed by atoms with van der Waals surface area (Å²) in [6.45, 7) is 14.3. The number of fused-ring (bicyclic) bond motifs is 1. The van der Waals surface area contributed by atoms with Crippen molar-refractivity contribution >= 4 is 11.5 Å². The Morgan fingerprint density at radius 2 is 1.61 bits per heavy atom. The predicted molar refractivity (Wildman–Crippen MR) is 122 cm³/mol. The van der Waals surface area contributed by atoms with Crippen LogP contribution in [0.3, 0.4) is 0 Å². The highest BCUT2D eigenvalue weighted by Gasteiger charge is 2.38. The number of carbonyl (C=O) groups is 1. The van der Waals surface area contributed by atoms with Gasteiger partial charge in [0.05, 0.1) is 6.61 Å². The van der Waals surface area contributed by atoms with Crippen LogP contribution in [0.2, 0.25) is 0 Å². The van der Waals surface area contributed by atoms with E-state index in [4.69, 9.17) is 9.84 Å². The number of rotatable bonds is 7. The molecule has 5 heteroatoms. The Morgan fingerprint density at radius 1 is 1.06 bits per heavy atom. The number of ether oxygens (including phenoxy) is 1. The molecule has 2 rings (SSSR count). The lowest BCUT2D eigenvalue weighted by Crippen LogP contribution is -2.34. The second kappa shape index (κ2) is 9.37. The van der Waals surface area contributed by atoms with Crippen LogP contribution in [0.15, 0.2) is 41.5 Å².